The van der Waals surface area contributed by atoms with E-state index in [1.165, 1.54) is 21.3 Å². The van der Waals surface area contributed by atoms with Crippen molar-refractivity contribution in [1.82, 2.24) is 4.98 Å². The molecule has 19 heavy (non-hydrogen) atoms. The van der Waals surface area contributed by atoms with E-state index in [1.54, 1.807) is 0 Å². The maximum absolute atomic E-state index is 11.2. The quantitative estimate of drug-likeness (QED) is 0.673. The third kappa shape index (κ3) is 1.87. The van der Waals surface area contributed by atoms with E-state index >= 15 is 0 Å². The van der Waals surface area contributed by atoms with Gasteiger partial charge in [0.25, 0.3) is 0 Å². The first-order chi connectivity index (χ1) is 9.04. The van der Waals surface area contributed by atoms with Crippen LogP contribution in [0.3, 0.4) is 0 Å². The molecule has 2 N–H and O–H groups in total. The SMILES string of the molecule is COc1c(OC)c([N+](=O)[O-])c2sc(N)nc2c1OC. The van der Waals surface area contributed by atoms with Crippen molar-refractivity contribution in [1.29, 1.82) is 0 Å². The van der Waals surface area contributed by atoms with E-state index in [-0.39, 0.29) is 38.3 Å². The van der Waals surface area contributed by atoms with Crippen molar-refractivity contribution in [2.24, 2.45) is 0 Å². The molecule has 2 aromatic rings. The number of rotatable bonds is 4. The van der Waals surface area contributed by atoms with Gasteiger partial charge in [0, 0.05) is 0 Å². The number of nitrogens with zero attached hydrogens (tertiary/aromatic N) is 2. The van der Waals surface area contributed by atoms with Crippen molar-refractivity contribution in [2.45, 2.75) is 0 Å². The number of methoxy groups -OCH3 is 3. The van der Waals surface area contributed by atoms with Crippen molar-refractivity contribution < 1.29 is 19.1 Å². The molecule has 0 saturated carbocycles. The topological polar surface area (TPSA) is 110 Å². The number of nitrogens with two attached hydrogens (primary N) is 1. The Morgan fingerprint density at radius 1 is 1.16 bits per heavy atom. The molecular weight excluding hydrogens is 274 g/mol. The zero-order chi connectivity index (χ0) is 14.2. The molecular formula is C10H11N3O5S. The highest BCUT2D eigenvalue weighted by atomic mass is 32.1. The zero-order valence-electron chi connectivity index (χ0n) is 10.4. The van der Waals surface area contributed by atoms with Gasteiger partial charge in [0.15, 0.2) is 10.9 Å². The summed E-state index contributed by atoms with van der Waals surface area (Å²) in [6.07, 6.45) is 0. The van der Waals surface area contributed by atoms with E-state index in [0.29, 0.717) is 0 Å². The Hall–Kier alpha value is -2.29. The predicted octanol–water partition coefficient (Wildman–Crippen LogP) is 1.81. The summed E-state index contributed by atoms with van der Waals surface area (Å²) in [5.41, 5.74) is 5.67. The van der Waals surface area contributed by atoms with E-state index in [1.807, 2.05) is 0 Å². The predicted molar refractivity (Wildman–Crippen MR) is 70.3 cm³/mol. The molecule has 0 aliphatic heterocycles. The Labute approximate surface area is 111 Å². The van der Waals surface area contributed by atoms with Crippen LogP contribution in [-0.2, 0) is 0 Å². The summed E-state index contributed by atoms with van der Waals surface area (Å²) in [7, 11) is 4.10. The van der Waals surface area contributed by atoms with Crippen molar-refractivity contribution in [3.63, 3.8) is 0 Å². The first-order valence-corrected chi connectivity index (χ1v) is 5.89. The summed E-state index contributed by atoms with van der Waals surface area (Å²) < 4.78 is 15.7. The van der Waals surface area contributed by atoms with Crippen LogP contribution >= 0.6 is 11.3 Å². The molecule has 1 aromatic heterocycles. The van der Waals surface area contributed by atoms with E-state index in [0.717, 1.165) is 11.3 Å². The Kier molecular flexibility index (Phi) is 3.30. The number of hydrogen-bond donors (Lipinski definition) is 1. The van der Waals surface area contributed by atoms with Gasteiger partial charge in [-0.05, 0) is 0 Å². The third-order valence-corrected chi connectivity index (χ3v) is 3.39. The number of anilines is 1. The second kappa shape index (κ2) is 4.76. The number of fused-ring (bicyclic) bond motifs is 1. The van der Waals surface area contributed by atoms with Gasteiger partial charge in [0.2, 0.25) is 11.5 Å². The monoisotopic (exact) mass is 285 g/mol. The lowest BCUT2D eigenvalue weighted by Crippen LogP contribution is -2.00. The summed E-state index contributed by atoms with van der Waals surface area (Å²) in [5, 5.41) is 11.4. The first kappa shape index (κ1) is 13.1. The zero-order valence-corrected chi connectivity index (χ0v) is 11.2. The largest absolute Gasteiger partial charge is 0.491 e. The van der Waals surface area contributed by atoms with Gasteiger partial charge in [0.1, 0.15) is 10.2 Å². The second-order valence-corrected chi connectivity index (χ2v) is 4.47. The average Bonchev–Trinajstić information content (AvgIpc) is 2.75. The minimum Gasteiger partial charge on any atom is -0.491 e. The summed E-state index contributed by atoms with van der Waals surface area (Å²) in [6.45, 7) is 0. The fourth-order valence-electron chi connectivity index (χ4n) is 1.80. The Morgan fingerprint density at radius 2 is 1.74 bits per heavy atom. The van der Waals surface area contributed by atoms with Crippen LogP contribution in [0.25, 0.3) is 10.2 Å². The molecule has 0 fully saturated rings. The van der Waals surface area contributed by atoms with Gasteiger partial charge in [-0.15, -0.1) is 0 Å². The van der Waals surface area contributed by atoms with Gasteiger partial charge in [-0.25, -0.2) is 4.98 Å². The number of nitro benzene ring substituents is 1. The van der Waals surface area contributed by atoms with Gasteiger partial charge in [-0.3, -0.25) is 10.1 Å². The number of aromatic nitrogens is 1. The normalized spacial score (nSPS) is 10.5. The molecule has 0 bridgehead atoms. The van der Waals surface area contributed by atoms with Crippen LogP contribution in [0.1, 0.15) is 0 Å². The van der Waals surface area contributed by atoms with Crippen molar-refractivity contribution >= 4 is 32.4 Å². The van der Waals surface area contributed by atoms with Crippen molar-refractivity contribution in [2.75, 3.05) is 27.1 Å². The fraction of sp³-hybridized carbons (Fsp3) is 0.300. The molecule has 0 radical (unpaired) electrons. The third-order valence-electron chi connectivity index (χ3n) is 2.50. The van der Waals surface area contributed by atoms with Gasteiger partial charge >= 0.3 is 5.69 Å². The lowest BCUT2D eigenvalue weighted by molar-refractivity contribution is -0.383. The maximum Gasteiger partial charge on any atom is 0.334 e. The standard InChI is InChI=1S/C10H11N3O5S/c1-16-6-4-9(19-10(11)12-4)5(13(14)15)7(17-2)8(6)18-3/h1-3H3,(H2,11,12). The van der Waals surface area contributed by atoms with Crippen molar-refractivity contribution in [3.8, 4) is 17.2 Å². The first-order valence-electron chi connectivity index (χ1n) is 5.07. The van der Waals surface area contributed by atoms with Crippen LogP contribution < -0.4 is 19.9 Å². The van der Waals surface area contributed by atoms with E-state index in [2.05, 4.69) is 4.98 Å². The number of ether oxygens (including phenoxy) is 3. The highest BCUT2D eigenvalue weighted by molar-refractivity contribution is 7.22. The van der Waals surface area contributed by atoms with Crippen molar-refractivity contribution in [3.05, 3.63) is 10.1 Å². The van der Waals surface area contributed by atoms with E-state index < -0.39 is 4.92 Å². The lowest BCUT2D eigenvalue weighted by atomic mass is 10.2. The molecule has 2 rings (SSSR count). The number of nitrogen functional groups attached to an aromatic ring is 1. The van der Waals surface area contributed by atoms with E-state index in [4.69, 9.17) is 19.9 Å². The van der Waals surface area contributed by atoms with Crippen LogP contribution in [0.4, 0.5) is 10.8 Å². The molecule has 9 heteroatoms. The van der Waals surface area contributed by atoms with Crippen LogP contribution in [0.5, 0.6) is 17.2 Å². The number of hydrogen-bond acceptors (Lipinski definition) is 8. The van der Waals surface area contributed by atoms with Crippen LogP contribution in [0.15, 0.2) is 0 Å². The van der Waals surface area contributed by atoms with Gasteiger partial charge < -0.3 is 19.9 Å². The van der Waals surface area contributed by atoms with Crippen LogP contribution in [-0.4, -0.2) is 31.2 Å². The molecule has 8 nitrogen and oxygen atoms in total. The minimum atomic E-state index is -0.555. The molecule has 0 aliphatic carbocycles. The average molecular weight is 285 g/mol. The number of benzene rings is 1. The van der Waals surface area contributed by atoms with Gasteiger partial charge in [-0.1, -0.05) is 11.3 Å². The molecule has 0 saturated heterocycles. The Bertz CT molecular complexity index is 654. The molecule has 0 aliphatic rings. The second-order valence-electron chi connectivity index (χ2n) is 3.44. The highest BCUT2D eigenvalue weighted by Crippen LogP contribution is 2.52. The smallest absolute Gasteiger partial charge is 0.334 e. The maximum atomic E-state index is 11.2. The molecule has 1 heterocycles. The molecule has 0 spiro atoms. The number of thiazole rings is 1. The highest BCUT2D eigenvalue weighted by Gasteiger charge is 2.32. The van der Waals surface area contributed by atoms with E-state index in [9.17, 15) is 10.1 Å². The lowest BCUT2D eigenvalue weighted by Gasteiger charge is -2.12. The molecule has 1 aromatic carbocycles. The minimum absolute atomic E-state index is 0.0134. The summed E-state index contributed by atoms with van der Waals surface area (Å²) in [5.74, 6) is 0.364. The summed E-state index contributed by atoms with van der Waals surface area (Å²) >= 11 is 0.995. The number of nitro groups is 1. The molecule has 0 unspecified atom stereocenters. The fourth-order valence-corrected chi connectivity index (χ4v) is 2.65. The molecule has 0 amide bonds. The molecule has 102 valence electrons. The summed E-state index contributed by atoms with van der Waals surface area (Å²) in [4.78, 5) is 14.7. The van der Waals surface area contributed by atoms with Gasteiger partial charge in [0.05, 0.1) is 26.3 Å². The Balaban J connectivity index is 3.01. The van der Waals surface area contributed by atoms with Crippen LogP contribution in [0, 0.1) is 10.1 Å². The Morgan fingerprint density at radius 3 is 2.21 bits per heavy atom. The molecule has 0 atom stereocenters. The van der Waals surface area contributed by atoms with Crippen LogP contribution in [0.2, 0.25) is 0 Å². The summed E-state index contributed by atoms with van der Waals surface area (Å²) in [6, 6.07) is 0. The van der Waals surface area contributed by atoms with Gasteiger partial charge in [-0.2, -0.15) is 0 Å².